The lowest BCUT2D eigenvalue weighted by molar-refractivity contribution is -0.137. The van der Waals surface area contributed by atoms with Crippen molar-refractivity contribution in [2.45, 2.75) is 25.9 Å². The number of H-pyrrole nitrogens is 1. The first-order chi connectivity index (χ1) is 13.2. The molecule has 0 bridgehead atoms. The van der Waals surface area contributed by atoms with E-state index in [2.05, 4.69) is 20.8 Å². The standard InChI is InChI=1S/C20H19F3N4O/c1-12(2)17-11-18(27-26-17)13-5-3-7-15(9-13)24-19(28)25-16-8-4-6-14(10-16)20(21,22)23/h3-12H,1-2H3,(H,26,27)(H2,24,25,28). The van der Waals surface area contributed by atoms with Gasteiger partial charge in [-0.2, -0.15) is 18.3 Å². The molecule has 5 nitrogen and oxygen atoms in total. The maximum absolute atomic E-state index is 12.8. The van der Waals surface area contributed by atoms with Gasteiger partial charge in [-0.05, 0) is 42.3 Å². The van der Waals surface area contributed by atoms with Crippen LogP contribution in [-0.4, -0.2) is 16.2 Å². The molecule has 0 fully saturated rings. The van der Waals surface area contributed by atoms with Gasteiger partial charge in [-0.3, -0.25) is 5.10 Å². The molecule has 3 aromatic rings. The van der Waals surface area contributed by atoms with Crippen LogP contribution >= 0.6 is 0 Å². The summed E-state index contributed by atoms with van der Waals surface area (Å²) in [4.78, 5) is 12.2. The molecular weight excluding hydrogens is 369 g/mol. The second-order valence-corrected chi connectivity index (χ2v) is 6.60. The molecule has 0 saturated carbocycles. The molecule has 0 spiro atoms. The van der Waals surface area contributed by atoms with Crippen LogP contribution in [-0.2, 0) is 6.18 Å². The normalized spacial score (nSPS) is 11.5. The third-order valence-electron chi connectivity index (χ3n) is 4.08. The average molecular weight is 388 g/mol. The fourth-order valence-electron chi connectivity index (χ4n) is 2.60. The predicted octanol–water partition coefficient (Wildman–Crippen LogP) is 5.86. The van der Waals surface area contributed by atoms with Crippen LogP contribution in [0.5, 0.6) is 0 Å². The number of amides is 2. The highest BCUT2D eigenvalue weighted by Gasteiger charge is 2.30. The van der Waals surface area contributed by atoms with Gasteiger partial charge in [0.2, 0.25) is 0 Å². The summed E-state index contributed by atoms with van der Waals surface area (Å²) in [6.45, 7) is 4.10. The molecule has 3 N–H and O–H groups in total. The van der Waals surface area contributed by atoms with Gasteiger partial charge in [0, 0.05) is 22.6 Å². The summed E-state index contributed by atoms with van der Waals surface area (Å²) in [6.07, 6.45) is -4.47. The highest BCUT2D eigenvalue weighted by Crippen LogP contribution is 2.30. The Balaban J connectivity index is 1.71. The van der Waals surface area contributed by atoms with Crippen molar-refractivity contribution >= 4 is 17.4 Å². The number of nitrogens with zero attached hydrogens (tertiary/aromatic N) is 1. The Hall–Kier alpha value is -3.29. The van der Waals surface area contributed by atoms with E-state index < -0.39 is 17.8 Å². The van der Waals surface area contributed by atoms with E-state index in [-0.39, 0.29) is 5.69 Å². The molecule has 0 radical (unpaired) electrons. The van der Waals surface area contributed by atoms with Gasteiger partial charge in [0.1, 0.15) is 0 Å². The second-order valence-electron chi connectivity index (χ2n) is 6.60. The number of hydrogen-bond donors (Lipinski definition) is 3. The van der Waals surface area contributed by atoms with Crippen molar-refractivity contribution in [2.24, 2.45) is 0 Å². The van der Waals surface area contributed by atoms with E-state index in [4.69, 9.17) is 0 Å². The van der Waals surface area contributed by atoms with Gasteiger partial charge in [-0.25, -0.2) is 4.79 Å². The number of carbonyl (C=O) groups excluding carboxylic acids is 1. The van der Waals surface area contributed by atoms with Crippen molar-refractivity contribution in [3.8, 4) is 11.3 Å². The third kappa shape index (κ3) is 4.70. The van der Waals surface area contributed by atoms with Crippen molar-refractivity contribution < 1.29 is 18.0 Å². The van der Waals surface area contributed by atoms with Crippen LogP contribution in [0.25, 0.3) is 11.3 Å². The Labute approximate surface area is 160 Å². The van der Waals surface area contributed by atoms with Crippen LogP contribution in [0.4, 0.5) is 29.3 Å². The number of carbonyl (C=O) groups is 1. The summed E-state index contributed by atoms with van der Waals surface area (Å²) < 4.78 is 38.3. The van der Waals surface area contributed by atoms with E-state index >= 15 is 0 Å². The molecule has 0 atom stereocenters. The monoisotopic (exact) mass is 388 g/mol. The Bertz CT molecular complexity index is 979. The fraction of sp³-hybridized carbons (Fsp3) is 0.200. The van der Waals surface area contributed by atoms with Crippen LogP contribution in [0, 0.1) is 0 Å². The maximum Gasteiger partial charge on any atom is 0.416 e. The number of aromatic amines is 1. The summed E-state index contributed by atoms with van der Waals surface area (Å²) in [7, 11) is 0. The van der Waals surface area contributed by atoms with Crippen molar-refractivity contribution in [1.29, 1.82) is 0 Å². The first-order valence-corrected chi connectivity index (χ1v) is 8.63. The minimum atomic E-state index is -4.47. The Kier molecular flexibility index (Phi) is 5.39. The topological polar surface area (TPSA) is 69.8 Å². The lowest BCUT2D eigenvalue weighted by Crippen LogP contribution is -2.19. The third-order valence-corrected chi connectivity index (χ3v) is 4.08. The molecule has 0 unspecified atom stereocenters. The number of aromatic nitrogens is 2. The number of benzene rings is 2. The van der Waals surface area contributed by atoms with E-state index in [1.54, 1.807) is 18.2 Å². The van der Waals surface area contributed by atoms with Crippen LogP contribution in [0.15, 0.2) is 54.6 Å². The summed E-state index contributed by atoms with van der Waals surface area (Å²) in [6, 6.07) is 12.8. The van der Waals surface area contributed by atoms with Crippen LogP contribution in [0.2, 0.25) is 0 Å². The van der Waals surface area contributed by atoms with E-state index in [0.29, 0.717) is 11.6 Å². The molecule has 0 aliphatic carbocycles. The molecular formula is C20H19F3N4O. The molecule has 0 aliphatic rings. The Morgan fingerprint density at radius 3 is 2.25 bits per heavy atom. The van der Waals surface area contributed by atoms with Crippen molar-refractivity contribution in [2.75, 3.05) is 10.6 Å². The van der Waals surface area contributed by atoms with E-state index in [1.165, 1.54) is 12.1 Å². The zero-order chi connectivity index (χ0) is 20.3. The van der Waals surface area contributed by atoms with Gasteiger partial charge in [-0.1, -0.05) is 32.0 Å². The summed E-state index contributed by atoms with van der Waals surface area (Å²) in [5.41, 5.74) is 2.27. The van der Waals surface area contributed by atoms with Crippen LogP contribution in [0.1, 0.15) is 31.0 Å². The van der Waals surface area contributed by atoms with E-state index in [0.717, 1.165) is 29.1 Å². The van der Waals surface area contributed by atoms with Crippen LogP contribution < -0.4 is 10.6 Å². The van der Waals surface area contributed by atoms with Crippen molar-refractivity contribution in [3.63, 3.8) is 0 Å². The minimum Gasteiger partial charge on any atom is -0.308 e. The fourth-order valence-corrected chi connectivity index (χ4v) is 2.60. The van der Waals surface area contributed by atoms with Gasteiger partial charge in [0.25, 0.3) is 0 Å². The highest BCUT2D eigenvalue weighted by atomic mass is 19.4. The van der Waals surface area contributed by atoms with Gasteiger partial charge in [0.05, 0.1) is 11.3 Å². The summed E-state index contributed by atoms with van der Waals surface area (Å²) in [5, 5.41) is 12.3. The number of hydrogen-bond acceptors (Lipinski definition) is 2. The van der Waals surface area contributed by atoms with E-state index in [9.17, 15) is 18.0 Å². The second kappa shape index (κ2) is 7.75. The average Bonchev–Trinajstić information content (AvgIpc) is 3.12. The molecule has 146 valence electrons. The summed E-state index contributed by atoms with van der Waals surface area (Å²) >= 11 is 0. The number of anilines is 2. The summed E-state index contributed by atoms with van der Waals surface area (Å²) in [5.74, 6) is 0.306. The lowest BCUT2D eigenvalue weighted by Gasteiger charge is -2.11. The Morgan fingerprint density at radius 1 is 1.00 bits per heavy atom. The molecule has 8 heteroatoms. The van der Waals surface area contributed by atoms with Crippen molar-refractivity contribution in [1.82, 2.24) is 10.2 Å². The minimum absolute atomic E-state index is 0.0531. The van der Waals surface area contributed by atoms with Gasteiger partial charge in [-0.15, -0.1) is 0 Å². The molecule has 2 aromatic carbocycles. The number of nitrogens with one attached hydrogen (secondary N) is 3. The molecule has 2 amide bonds. The number of alkyl halides is 3. The predicted molar refractivity (Wildman–Crippen MR) is 102 cm³/mol. The maximum atomic E-state index is 12.8. The smallest absolute Gasteiger partial charge is 0.308 e. The molecule has 0 aliphatic heterocycles. The first-order valence-electron chi connectivity index (χ1n) is 8.63. The number of halogens is 3. The zero-order valence-electron chi connectivity index (χ0n) is 15.3. The molecule has 0 saturated heterocycles. The van der Waals surface area contributed by atoms with Gasteiger partial charge < -0.3 is 10.6 Å². The highest BCUT2D eigenvalue weighted by molar-refractivity contribution is 6.00. The number of urea groups is 1. The number of rotatable bonds is 4. The zero-order valence-corrected chi connectivity index (χ0v) is 15.3. The largest absolute Gasteiger partial charge is 0.416 e. The molecule has 28 heavy (non-hydrogen) atoms. The Morgan fingerprint density at radius 2 is 1.64 bits per heavy atom. The van der Waals surface area contributed by atoms with E-state index in [1.807, 2.05) is 26.0 Å². The first kappa shape index (κ1) is 19.5. The van der Waals surface area contributed by atoms with Gasteiger partial charge >= 0.3 is 12.2 Å². The lowest BCUT2D eigenvalue weighted by atomic mass is 10.1. The quantitative estimate of drug-likeness (QED) is 0.524. The SMILES string of the molecule is CC(C)c1cc(-c2cccc(NC(=O)Nc3cccc(C(F)(F)F)c3)c2)n[nH]1. The van der Waals surface area contributed by atoms with Gasteiger partial charge in [0.15, 0.2) is 0 Å². The van der Waals surface area contributed by atoms with Crippen molar-refractivity contribution in [3.05, 3.63) is 65.9 Å². The molecule has 1 heterocycles. The molecule has 3 rings (SSSR count). The molecule has 1 aromatic heterocycles. The van der Waals surface area contributed by atoms with Crippen LogP contribution in [0.3, 0.4) is 0 Å².